The molecule has 0 aromatic heterocycles. The third-order valence-corrected chi connectivity index (χ3v) is 1.73. The molecule has 60 valence electrons. The molecular formula is C7H14O3. The number of hydrogen-bond acceptors (Lipinski definition) is 3. The van der Waals surface area contributed by atoms with Crippen LogP contribution >= 0.6 is 0 Å². The Labute approximate surface area is 60.9 Å². The molecule has 0 bridgehead atoms. The first-order chi connectivity index (χ1) is 4.84. The molecule has 3 nitrogen and oxygen atoms in total. The smallest absolute Gasteiger partial charge is 0.0857 e. The molecule has 1 fully saturated rings. The molecule has 0 amide bonds. The van der Waals surface area contributed by atoms with Gasteiger partial charge in [0, 0.05) is 6.61 Å². The second-order valence-electron chi connectivity index (χ2n) is 2.50. The molecule has 3 heteroatoms. The lowest BCUT2D eigenvalue weighted by atomic mass is 10.2. The second kappa shape index (κ2) is 3.91. The van der Waals surface area contributed by atoms with Gasteiger partial charge in [-0.1, -0.05) is 0 Å². The van der Waals surface area contributed by atoms with Gasteiger partial charge in [0.15, 0.2) is 0 Å². The van der Waals surface area contributed by atoms with Crippen LogP contribution in [0.1, 0.15) is 13.3 Å². The first-order valence-corrected chi connectivity index (χ1v) is 3.68. The van der Waals surface area contributed by atoms with E-state index in [-0.39, 0.29) is 18.8 Å². The summed E-state index contributed by atoms with van der Waals surface area (Å²) in [5.41, 5.74) is 0. The molecule has 0 aromatic carbocycles. The summed E-state index contributed by atoms with van der Waals surface area (Å²) < 4.78 is 10.5. The molecule has 1 aliphatic heterocycles. The van der Waals surface area contributed by atoms with Crippen LogP contribution in [-0.4, -0.2) is 37.1 Å². The average molecular weight is 146 g/mol. The molecule has 0 spiro atoms. The van der Waals surface area contributed by atoms with Gasteiger partial charge in [0.2, 0.25) is 0 Å². The van der Waals surface area contributed by atoms with Gasteiger partial charge in [-0.3, -0.25) is 0 Å². The summed E-state index contributed by atoms with van der Waals surface area (Å²) in [7, 11) is 0. The fraction of sp³-hybridized carbons (Fsp3) is 1.00. The minimum absolute atomic E-state index is 0.100. The van der Waals surface area contributed by atoms with Crippen molar-refractivity contribution in [2.45, 2.75) is 25.6 Å². The SMILES string of the molecule is CC1OCC[C@H]1OCCO. The van der Waals surface area contributed by atoms with E-state index in [4.69, 9.17) is 14.6 Å². The topological polar surface area (TPSA) is 38.7 Å². The zero-order valence-electron chi connectivity index (χ0n) is 6.25. The standard InChI is InChI=1S/C7H14O3/c1-6-7(2-4-9-6)10-5-3-8/h6-8H,2-5H2,1H3/t6?,7-/m1/s1. The van der Waals surface area contributed by atoms with Crippen molar-refractivity contribution in [3.63, 3.8) is 0 Å². The fourth-order valence-electron chi connectivity index (χ4n) is 1.14. The van der Waals surface area contributed by atoms with Gasteiger partial charge in [-0.15, -0.1) is 0 Å². The van der Waals surface area contributed by atoms with Crippen LogP contribution in [-0.2, 0) is 9.47 Å². The summed E-state index contributed by atoms with van der Waals surface area (Å²) in [5.74, 6) is 0. The van der Waals surface area contributed by atoms with E-state index in [0.717, 1.165) is 13.0 Å². The first-order valence-electron chi connectivity index (χ1n) is 3.68. The molecule has 0 aliphatic carbocycles. The van der Waals surface area contributed by atoms with Crippen molar-refractivity contribution in [3.05, 3.63) is 0 Å². The third kappa shape index (κ3) is 1.94. The van der Waals surface area contributed by atoms with E-state index in [1.165, 1.54) is 0 Å². The van der Waals surface area contributed by atoms with Gasteiger partial charge in [-0.2, -0.15) is 0 Å². The Bertz CT molecular complexity index is 94.9. The predicted molar refractivity (Wildman–Crippen MR) is 36.9 cm³/mol. The minimum atomic E-state index is 0.100. The maximum absolute atomic E-state index is 8.45. The van der Waals surface area contributed by atoms with Crippen molar-refractivity contribution >= 4 is 0 Å². The van der Waals surface area contributed by atoms with E-state index in [9.17, 15) is 0 Å². The van der Waals surface area contributed by atoms with Gasteiger partial charge in [0.25, 0.3) is 0 Å². The molecule has 10 heavy (non-hydrogen) atoms. The Balaban J connectivity index is 2.14. The number of aliphatic hydroxyl groups excluding tert-OH is 1. The quantitative estimate of drug-likeness (QED) is 0.617. The molecular weight excluding hydrogens is 132 g/mol. The Morgan fingerprint density at radius 2 is 2.50 bits per heavy atom. The normalized spacial score (nSPS) is 33.0. The summed E-state index contributed by atoms with van der Waals surface area (Å²) in [6.07, 6.45) is 1.36. The molecule has 1 unspecified atom stereocenters. The number of hydrogen-bond donors (Lipinski definition) is 1. The Kier molecular flexibility index (Phi) is 3.12. The van der Waals surface area contributed by atoms with Gasteiger partial charge in [0.1, 0.15) is 0 Å². The zero-order valence-corrected chi connectivity index (χ0v) is 6.25. The monoisotopic (exact) mass is 146 g/mol. The molecule has 0 aromatic rings. The van der Waals surface area contributed by atoms with Gasteiger partial charge in [-0.25, -0.2) is 0 Å². The molecule has 1 N–H and O–H groups in total. The molecule has 0 radical (unpaired) electrons. The van der Waals surface area contributed by atoms with Gasteiger partial charge in [-0.05, 0) is 13.3 Å². The summed E-state index contributed by atoms with van der Waals surface area (Å²) in [5, 5.41) is 8.45. The van der Waals surface area contributed by atoms with Crippen LogP contribution in [0, 0.1) is 0 Å². The number of aliphatic hydroxyl groups is 1. The summed E-state index contributed by atoms with van der Waals surface area (Å²) >= 11 is 0. The van der Waals surface area contributed by atoms with E-state index in [1.54, 1.807) is 0 Å². The van der Waals surface area contributed by atoms with Crippen LogP contribution in [0.5, 0.6) is 0 Å². The van der Waals surface area contributed by atoms with Crippen molar-refractivity contribution in [3.8, 4) is 0 Å². The van der Waals surface area contributed by atoms with E-state index in [1.807, 2.05) is 6.92 Å². The lowest BCUT2D eigenvalue weighted by molar-refractivity contribution is -0.0130. The average Bonchev–Trinajstić information content (AvgIpc) is 2.31. The lowest BCUT2D eigenvalue weighted by Gasteiger charge is -2.13. The van der Waals surface area contributed by atoms with E-state index < -0.39 is 0 Å². The van der Waals surface area contributed by atoms with Crippen molar-refractivity contribution in [2.24, 2.45) is 0 Å². The fourth-order valence-corrected chi connectivity index (χ4v) is 1.14. The van der Waals surface area contributed by atoms with Crippen molar-refractivity contribution in [2.75, 3.05) is 19.8 Å². The van der Waals surface area contributed by atoms with Crippen LogP contribution in [0.3, 0.4) is 0 Å². The van der Waals surface area contributed by atoms with E-state index in [2.05, 4.69) is 0 Å². The zero-order chi connectivity index (χ0) is 7.40. The largest absolute Gasteiger partial charge is 0.394 e. The van der Waals surface area contributed by atoms with Crippen LogP contribution in [0.4, 0.5) is 0 Å². The molecule has 1 aliphatic rings. The van der Waals surface area contributed by atoms with Crippen molar-refractivity contribution in [1.82, 2.24) is 0 Å². The maximum atomic E-state index is 8.45. The van der Waals surface area contributed by atoms with Crippen LogP contribution in [0.25, 0.3) is 0 Å². The van der Waals surface area contributed by atoms with Gasteiger partial charge < -0.3 is 14.6 Å². The van der Waals surface area contributed by atoms with Crippen LogP contribution < -0.4 is 0 Å². The van der Waals surface area contributed by atoms with Gasteiger partial charge >= 0.3 is 0 Å². The number of ether oxygens (including phenoxy) is 2. The van der Waals surface area contributed by atoms with Gasteiger partial charge in [0.05, 0.1) is 25.4 Å². The Morgan fingerprint density at radius 1 is 1.70 bits per heavy atom. The molecule has 1 rings (SSSR count). The third-order valence-electron chi connectivity index (χ3n) is 1.73. The molecule has 2 atom stereocenters. The molecule has 0 saturated carbocycles. The second-order valence-corrected chi connectivity index (χ2v) is 2.50. The summed E-state index contributed by atoms with van der Waals surface area (Å²) in [4.78, 5) is 0. The molecule has 1 heterocycles. The Hall–Kier alpha value is -0.120. The summed E-state index contributed by atoms with van der Waals surface area (Å²) in [6.45, 7) is 3.31. The Morgan fingerprint density at radius 3 is 3.00 bits per heavy atom. The maximum Gasteiger partial charge on any atom is 0.0857 e. The highest BCUT2D eigenvalue weighted by Crippen LogP contribution is 2.15. The van der Waals surface area contributed by atoms with Crippen molar-refractivity contribution in [1.29, 1.82) is 0 Å². The predicted octanol–water partition coefficient (Wildman–Crippen LogP) is 0.173. The highest BCUT2D eigenvalue weighted by atomic mass is 16.6. The van der Waals surface area contributed by atoms with E-state index >= 15 is 0 Å². The molecule has 1 saturated heterocycles. The first kappa shape index (κ1) is 7.98. The van der Waals surface area contributed by atoms with Crippen LogP contribution in [0.15, 0.2) is 0 Å². The highest BCUT2D eigenvalue weighted by molar-refractivity contribution is 4.72. The number of rotatable bonds is 3. The minimum Gasteiger partial charge on any atom is -0.394 e. The summed E-state index contributed by atoms with van der Waals surface area (Å²) in [6, 6.07) is 0. The van der Waals surface area contributed by atoms with Crippen molar-refractivity contribution < 1.29 is 14.6 Å². The van der Waals surface area contributed by atoms with E-state index in [0.29, 0.717) is 6.61 Å². The lowest BCUT2D eigenvalue weighted by Crippen LogP contribution is -2.22. The van der Waals surface area contributed by atoms with Crippen LogP contribution in [0.2, 0.25) is 0 Å². The highest BCUT2D eigenvalue weighted by Gasteiger charge is 2.24.